The molecule has 170 valence electrons. The standard InChI is InChI=1S/6F3HP.Ru/c6*1-4(2)3;/h6*4H;/q6*+1;-6. The molecular formula is H6F18P6Ru. The molecule has 0 aromatic heterocycles. The van der Waals surface area contributed by atoms with Crippen molar-refractivity contribution in [3.05, 3.63) is 0 Å². The maximum absolute atomic E-state index is 15.3. The van der Waals surface area contributed by atoms with Crippen molar-refractivity contribution in [3.63, 3.8) is 0 Å². The molecule has 0 aromatic rings. The first kappa shape index (κ1) is 26.9. The van der Waals surface area contributed by atoms with E-state index in [-0.39, 0.29) is 0 Å². The van der Waals surface area contributed by atoms with Crippen LogP contribution in [0.15, 0.2) is 0 Å². The number of hydrogen-bond donors (Lipinski definition) is 0. The molecule has 0 aliphatic rings. The van der Waals surface area contributed by atoms with E-state index in [4.69, 9.17) is 0 Å². The third-order valence-corrected chi connectivity index (χ3v) is 160. The predicted octanol–water partition coefficient (Wildman–Crippen LogP) is 11.1. The second-order valence-electron chi connectivity index (χ2n) is 3.81. The molecule has 0 nitrogen and oxygen atoms in total. The van der Waals surface area contributed by atoms with Crippen LogP contribution in [0.1, 0.15) is 0 Å². The third-order valence-electron chi connectivity index (χ3n) is 3.01. The summed E-state index contributed by atoms with van der Waals surface area (Å²) in [5.41, 5.74) is 0. The minimum atomic E-state index is -15.3. The SMILES string of the molecule is F[PH](F)(F)[Ru]([PH](F)(F)F)([PH](F)(F)F)([PH](F)(F)F)([PH](F)(F)F)[PH](F)(F)F. The van der Waals surface area contributed by atoms with Crippen LogP contribution in [0.25, 0.3) is 0 Å². The fourth-order valence-electron chi connectivity index (χ4n) is 1.70. The van der Waals surface area contributed by atoms with Crippen LogP contribution in [0.2, 0.25) is 0 Å². The molecule has 0 aliphatic heterocycles. The van der Waals surface area contributed by atoms with Crippen molar-refractivity contribution >= 4 is 39.2 Å². The Morgan fingerprint density at radius 1 is 0.240 bits per heavy atom. The molecule has 0 N–H and O–H groups in total. The molecule has 0 rings (SSSR count). The van der Waals surface area contributed by atoms with Crippen molar-refractivity contribution in [1.29, 1.82) is 0 Å². The summed E-state index contributed by atoms with van der Waals surface area (Å²) in [5, 5.41) is 0. The molecule has 0 saturated carbocycles. The van der Waals surface area contributed by atoms with E-state index in [9.17, 15) is 75.5 Å². The van der Waals surface area contributed by atoms with Gasteiger partial charge in [0.15, 0.2) is 0 Å². The fourth-order valence-corrected chi connectivity index (χ4v) is 90.8. The average molecular weight is 635 g/mol. The van der Waals surface area contributed by atoms with E-state index in [1.54, 1.807) is 0 Å². The molecule has 0 heterocycles. The molecule has 25 heavy (non-hydrogen) atoms. The van der Waals surface area contributed by atoms with Crippen molar-refractivity contribution in [1.82, 2.24) is 0 Å². The van der Waals surface area contributed by atoms with Gasteiger partial charge in [-0.25, -0.2) is 0 Å². The van der Waals surface area contributed by atoms with Crippen LogP contribution in [0.5, 0.6) is 0 Å². The predicted molar refractivity (Wildman–Crippen MR) is 69.8 cm³/mol. The van der Waals surface area contributed by atoms with E-state index in [1.807, 2.05) is 0 Å². The van der Waals surface area contributed by atoms with Crippen molar-refractivity contribution in [2.75, 3.05) is 0 Å². The van der Waals surface area contributed by atoms with Gasteiger partial charge in [-0.2, -0.15) is 0 Å². The monoisotopic (exact) mass is 636 g/mol. The van der Waals surface area contributed by atoms with Crippen LogP contribution >= 0.6 is 39.2 Å². The van der Waals surface area contributed by atoms with Gasteiger partial charge in [0.2, 0.25) is 0 Å². The Morgan fingerprint density at radius 3 is 0.320 bits per heavy atom. The van der Waals surface area contributed by atoms with Gasteiger partial charge >= 0.3 is 124 Å². The normalized spacial score (nSPS) is 23.3. The molecular weight excluding hydrogens is 629 g/mol. The topological polar surface area (TPSA) is 0 Å². The van der Waals surface area contributed by atoms with Crippen molar-refractivity contribution in [3.8, 4) is 0 Å². The van der Waals surface area contributed by atoms with Gasteiger partial charge in [0.25, 0.3) is 0 Å². The van der Waals surface area contributed by atoms with Gasteiger partial charge in [0.05, 0.1) is 0 Å². The van der Waals surface area contributed by atoms with Crippen LogP contribution in [0, 0.1) is 0 Å². The molecule has 0 saturated heterocycles. The van der Waals surface area contributed by atoms with Gasteiger partial charge in [-0.05, 0) is 0 Å². The van der Waals surface area contributed by atoms with Gasteiger partial charge in [-0.3, -0.25) is 0 Å². The molecule has 0 unspecified atom stereocenters. The molecule has 0 amide bonds. The first-order valence-corrected chi connectivity index (χ1v) is 29.0. The number of rotatable bonds is 6. The minimum absolute atomic E-state index is 11.6. The van der Waals surface area contributed by atoms with Crippen LogP contribution < -0.4 is 0 Å². The van der Waals surface area contributed by atoms with Crippen LogP contribution in [0.4, 0.5) is 75.5 Å². The quantitative estimate of drug-likeness (QED) is 0.155. The number of halogens is 18. The summed E-state index contributed by atoms with van der Waals surface area (Å²) in [6, 6.07) is 0. The Balaban J connectivity index is 9.10. The second kappa shape index (κ2) is 5.76. The summed E-state index contributed by atoms with van der Waals surface area (Å²) < 4.78 is 233. The average Bonchev–Trinajstić information content (AvgIpc) is 2.00. The Kier molecular flexibility index (Phi) is 6.21. The van der Waals surface area contributed by atoms with E-state index in [0.29, 0.717) is 0 Å². The molecule has 0 radical (unpaired) electrons. The molecule has 25 heteroatoms. The zero-order valence-electron chi connectivity index (χ0n) is 10.2. The van der Waals surface area contributed by atoms with Gasteiger partial charge in [0.1, 0.15) is 0 Å². The summed E-state index contributed by atoms with van der Waals surface area (Å²) in [6.45, 7) is -69.3. The van der Waals surface area contributed by atoms with Gasteiger partial charge in [-0.15, -0.1) is 0 Å². The van der Waals surface area contributed by atoms with Crippen molar-refractivity contribution in [2.45, 2.75) is 0 Å². The van der Waals surface area contributed by atoms with Crippen LogP contribution in [-0.4, -0.2) is 0 Å². The van der Waals surface area contributed by atoms with E-state index in [2.05, 4.69) is 0 Å². The molecule has 0 fully saturated rings. The maximum atomic E-state index is 13.0. The number of hydrogen-bond acceptors (Lipinski definition) is 0. The molecule has 0 aromatic carbocycles. The summed E-state index contributed by atoms with van der Waals surface area (Å²) >= 11 is 0. The van der Waals surface area contributed by atoms with E-state index < -0.39 is 48.7 Å². The van der Waals surface area contributed by atoms with Gasteiger partial charge in [0, 0.05) is 0 Å². The summed E-state index contributed by atoms with van der Waals surface area (Å²) in [4.78, 5) is 0. The molecule has 0 bridgehead atoms. The Bertz CT molecular complexity index is 395. The zero-order valence-corrected chi connectivity index (χ0v) is 17.9. The summed E-state index contributed by atoms with van der Waals surface area (Å²) in [5.74, 6) is 0. The molecule has 0 atom stereocenters. The Morgan fingerprint density at radius 2 is 0.320 bits per heavy atom. The van der Waals surface area contributed by atoms with E-state index >= 15 is 0 Å². The zero-order chi connectivity index (χ0) is 21.4. The Hall–Kier alpha value is 1.94. The third kappa shape index (κ3) is 1.76. The van der Waals surface area contributed by atoms with Crippen molar-refractivity contribution < 1.29 is 85.1 Å². The summed E-state index contributed by atoms with van der Waals surface area (Å²) in [7, 11) is -15.3. The molecule has 0 aliphatic carbocycles. The van der Waals surface area contributed by atoms with Gasteiger partial charge in [-0.1, -0.05) is 0 Å². The van der Waals surface area contributed by atoms with Crippen LogP contribution in [-0.2, 0) is 9.54 Å². The fraction of sp³-hybridized carbons (Fsp3) is 0. The first-order chi connectivity index (χ1) is 10.2. The van der Waals surface area contributed by atoms with Crippen molar-refractivity contribution in [2.24, 2.45) is 0 Å². The van der Waals surface area contributed by atoms with E-state index in [1.165, 1.54) is 0 Å². The Labute approximate surface area is 125 Å². The molecule has 0 spiro atoms. The summed E-state index contributed by atoms with van der Waals surface area (Å²) in [6.07, 6.45) is 0. The van der Waals surface area contributed by atoms with Gasteiger partial charge < -0.3 is 0 Å². The van der Waals surface area contributed by atoms with E-state index in [0.717, 1.165) is 0 Å². The van der Waals surface area contributed by atoms with Crippen LogP contribution in [0.3, 0.4) is 0 Å². The second-order valence-corrected chi connectivity index (χ2v) is 95.8. The first-order valence-electron chi connectivity index (χ1n) is 4.46.